The largest absolute Gasteiger partial charge is 0.434 e. The Morgan fingerprint density at radius 3 is 2.56 bits per heavy atom. The van der Waals surface area contributed by atoms with Crippen molar-refractivity contribution in [2.45, 2.75) is 19.3 Å². The fourth-order valence-corrected chi connectivity index (χ4v) is 4.45. The van der Waals surface area contributed by atoms with Gasteiger partial charge in [0.05, 0.1) is 27.0 Å². The lowest BCUT2D eigenvalue weighted by molar-refractivity contribution is 0.248. The molecule has 2 heterocycles. The molecule has 2 amide bonds. The minimum Gasteiger partial charge on any atom is -0.434 e. The monoisotopic (exact) mass is 496 g/mol. The van der Waals surface area contributed by atoms with E-state index in [2.05, 4.69) is 27.2 Å². The number of hydrogen-bond donors (Lipinski definition) is 3. The van der Waals surface area contributed by atoms with Gasteiger partial charge >= 0.3 is 6.03 Å². The molecule has 4 N–H and O–H groups in total. The van der Waals surface area contributed by atoms with E-state index >= 15 is 0 Å². The second-order valence-corrected chi connectivity index (χ2v) is 8.65. The number of aryl methyl sites for hydroxylation is 2. The number of ether oxygens (including phenoxy) is 1. The number of halogens is 2. The number of hydrazone groups is 1. The molecule has 0 saturated carbocycles. The van der Waals surface area contributed by atoms with Gasteiger partial charge in [-0.15, -0.1) is 10.2 Å². The number of benzene rings is 2. The summed E-state index contributed by atoms with van der Waals surface area (Å²) in [5.74, 6) is 0.245. The number of aromatic nitrogens is 2. The predicted molar refractivity (Wildman–Crippen MR) is 131 cm³/mol. The molecular formula is C23H18Cl2N6O3. The molecule has 0 atom stereocenters. The number of nitrogens with two attached hydrogens (primary N) is 1. The number of carbonyl (C=O) groups is 1. The molecule has 3 aromatic rings. The van der Waals surface area contributed by atoms with Crippen molar-refractivity contribution in [3.05, 3.63) is 80.2 Å². The van der Waals surface area contributed by atoms with Crippen molar-refractivity contribution in [2.24, 2.45) is 10.8 Å². The molecule has 1 aromatic heterocycles. The third-order valence-corrected chi connectivity index (χ3v) is 6.15. The summed E-state index contributed by atoms with van der Waals surface area (Å²) in [6.07, 6.45) is 3.15. The van der Waals surface area contributed by atoms with Crippen molar-refractivity contribution < 1.29 is 9.53 Å². The van der Waals surface area contributed by atoms with E-state index in [1.54, 1.807) is 0 Å². The number of urea groups is 1. The standard InChI is InChI=1S/C23H18Cl2N6O3/c1-11-21(26)30-31(23(33)27-11)15-8-17(24)20(18(25)9-15)34-19-10-16(22(32)29-28-19)14-6-5-12-3-2-4-13(12)7-14/h5-10H,1-4H2,(H2,26,30)(H,27,33)(H,29,32). The number of nitrogens with zero attached hydrogens (tertiary/aromatic N) is 3. The number of H-pyrrole nitrogens is 1. The second-order valence-electron chi connectivity index (χ2n) is 7.83. The molecule has 2 aromatic carbocycles. The van der Waals surface area contributed by atoms with Crippen molar-refractivity contribution >= 4 is 40.8 Å². The number of carbonyl (C=O) groups excluding carboxylic acids is 1. The van der Waals surface area contributed by atoms with Gasteiger partial charge in [0.2, 0.25) is 5.88 Å². The van der Waals surface area contributed by atoms with Gasteiger partial charge in [-0.2, -0.15) is 5.01 Å². The fourth-order valence-electron chi connectivity index (χ4n) is 3.90. The summed E-state index contributed by atoms with van der Waals surface area (Å²) in [4.78, 5) is 24.7. The molecule has 0 bridgehead atoms. The van der Waals surface area contributed by atoms with Gasteiger partial charge in [-0.3, -0.25) is 4.79 Å². The molecule has 0 radical (unpaired) electrons. The average molecular weight is 497 g/mol. The number of amides is 2. The summed E-state index contributed by atoms with van der Waals surface area (Å²) in [6, 6.07) is 9.84. The number of nitrogens with one attached hydrogen (secondary N) is 2. The minimum atomic E-state index is -0.568. The lowest BCUT2D eigenvalue weighted by Gasteiger charge is -2.24. The molecule has 5 rings (SSSR count). The van der Waals surface area contributed by atoms with Crippen LogP contribution in [0.25, 0.3) is 11.1 Å². The van der Waals surface area contributed by atoms with E-state index in [0.717, 1.165) is 29.8 Å². The zero-order chi connectivity index (χ0) is 24.0. The first-order chi connectivity index (χ1) is 16.3. The summed E-state index contributed by atoms with van der Waals surface area (Å²) in [5, 5.41) is 14.1. The summed E-state index contributed by atoms with van der Waals surface area (Å²) < 4.78 is 5.82. The van der Waals surface area contributed by atoms with Crippen LogP contribution < -0.4 is 26.4 Å². The van der Waals surface area contributed by atoms with Crippen LogP contribution in [0.4, 0.5) is 10.5 Å². The Bertz CT molecular complexity index is 1430. The van der Waals surface area contributed by atoms with Crippen LogP contribution in [0.15, 0.2) is 58.6 Å². The average Bonchev–Trinajstić information content (AvgIpc) is 3.27. The molecule has 0 fully saturated rings. The topological polar surface area (TPSA) is 126 Å². The van der Waals surface area contributed by atoms with Crippen LogP contribution >= 0.6 is 23.2 Å². The Balaban J connectivity index is 1.46. The molecule has 2 aliphatic rings. The summed E-state index contributed by atoms with van der Waals surface area (Å²) in [7, 11) is 0. The lowest BCUT2D eigenvalue weighted by atomic mass is 10.0. The van der Waals surface area contributed by atoms with Crippen LogP contribution in [0.2, 0.25) is 10.0 Å². The first-order valence-corrected chi connectivity index (χ1v) is 11.1. The number of hydrogen-bond acceptors (Lipinski definition) is 6. The maximum Gasteiger partial charge on any atom is 0.347 e. The van der Waals surface area contributed by atoms with Crippen molar-refractivity contribution in [1.82, 2.24) is 15.5 Å². The Kier molecular flexibility index (Phi) is 5.51. The van der Waals surface area contributed by atoms with E-state index < -0.39 is 6.03 Å². The molecule has 1 aliphatic carbocycles. The second kappa shape index (κ2) is 8.51. The number of fused-ring (bicyclic) bond motifs is 1. The highest BCUT2D eigenvalue weighted by Gasteiger charge is 2.25. The highest BCUT2D eigenvalue weighted by Crippen LogP contribution is 2.40. The normalized spacial score (nSPS) is 15.1. The smallest absolute Gasteiger partial charge is 0.347 e. The molecule has 1 aliphatic heterocycles. The summed E-state index contributed by atoms with van der Waals surface area (Å²) >= 11 is 12.8. The van der Waals surface area contributed by atoms with E-state index in [1.807, 2.05) is 18.2 Å². The van der Waals surface area contributed by atoms with Crippen molar-refractivity contribution in [3.63, 3.8) is 0 Å². The van der Waals surface area contributed by atoms with Gasteiger partial charge in [0.25, 0.3) is 5.56 Å². The molecular weight excluding hydrogens is 479 g/mol. The Hall–Kier alpha value is -3.82. The van der Waals surface area contributed by atoms with Gasteiger partial charge in [-0.25, -0.2) is 9.89 Å². The maximum absolute atomic E-state index is 12.5. The van der Waals surface area contributed by atoms with Gasteiger partial charge in [0.1, 0.15) is 0 Å². The van der Waals surface area contributed by atoms with Crippen molar-refractivity contribution in [3.8, 4) is 22.8 Å². The van der Waals surface area contributed by atoms with Crippen LogP contribution in [0.5, 0.6) is 11.6 Å². The van der Waals surface area contributed by atoms with Gasteiger partial charge < -0.3 is 15.8 Å². The molecule has 0 saturated heterocycles. The van der Waals surface area contributed by atoms with Gasteiger partial charge in [0.15, 0.2) is 11.6 Å². The number of amidine groups is 1. The quantitative estimate of drug-likeness (QED) is 0.495. The van der Waals surface area contributed by atoms with Crippen LogP contribution in [0.3, 0.4) is 0 Å². The van der Waals surface area contributed by atoms with Crippen LogP contribution in [0.1, 0.15) is 17.5 Å². The van der Waals surface area contributed by atoms with E-state index in [-0.39, 0.29) is 44.5 Å². The molecule has 11 heteroatoms. The van der Waals surface area contributed by atoms with Crippen LogP contribution in [-0.2, 0) is 12.8 Å². The van der Waals surface area contributed by atoms with E-state index in [1.165, 1.54) is 29.3 Å². The van der Waals surface area contributed by atoms with E-state index in [0.29, 0.717) is 5.56 Å². The predicted octanol–water partition coefficient (Wildman–Crippen LogP) is 4.34. The zero-order valence-corrected chi connectivity index (χ0v) is 19.2. The van der Waals surface area contributed by atoms with E-state index in [9.17, 15) is 9.59 Å². The Morgan fingerprint density at radius 1 is 1.06 bits per heavy atom. The van der Waals surface area contributed by atoms with Gasteiger partial charge in [-0.1, -0.05) is 48.0 Å². The van der Waals surface area contributed by atoms with Gasteiger partial charge in [-0.05, 0) is 48.1 Å². The van der Waals surface area contributed by atoms with Gasteiger partial charge in [0, 0.05) is 6.07 Å². The Morgan fingerprint density at radius 2 is 1.79 bits per heavy atom. The third-order valence-electron chi connectivity index (χ3n) is 5.59. The number of anilines is 1. The molecule has 0 unspecified atom stereocenters. The minimum absolute atomic E-state index is 0.0451. The maximum atomic E-state index is 12.5. The summed E-state index contributed by atoms with van der Waals surface area (Å²) in [6.45, 7) is 3.60. The highest BCUT2D eigenvalue weighted by atomic mass is 35.5. The first kappa shape index (κ1) is 22.0. The first-order valence-electron chi connectivity index (χ1n) is 10.3. The SMILES string of the molecule is C=C1NC(=O)N(c2cc(Cl)c(Oc3cc(-c4ccc5c(c4)CCC5)c(=O)[nH]n3)c(Cl)c2)N=C1N. The molecule has 172 valence electrons. The van der Waals surface area contributed by atoms with Crippen molar-refractivity contribution in [2.75, 3.05) is 5.01 Å². The number of aromatic amines is 1. The molecule has 34 heavy (non-hydrogen) atoms. The zero-order valence-electron chi connectivity index (χ0n) is 17.7. The highest BCUT2D eigenvalue weighted by molar-refractivity contribution is 6.37. The molecule has 0 spiro atoms. The van der Waals surface area contributed by atoms with Crippen LogP contribution in [0, 0.1) is 0 Å². The van der Waals surface area contributed by atoms with E-state index in [4.69, 9.17) is 33.7 Å². The Labute approximate surface area is 203 Å². The third kappa shape index (κ3) is 4.00. The lowest BCUT2D eigenvalue weighted by Crippen LogP contribution is -2.45. The molecule has 9 nitrogen and oxygen atoms in total. The fraction of sp³-hybridized carbons (Fsp3) is 0.130. The van der Waals surface area contributed by atoms with Crippen molar-refractivity contribution in [1.29, 1.82) is 0 Å². The number of rotatable bonds is 4. The summed E-state index contributed by atoms with van der Waals surface area (Å²) in [5.41, 5.74) is 9.61. The van der Waals surface area contributed by atoms with Crippen LogP contribution in [-0.4, -0.2) is 22.1 Å².